The van der Waals surface area contributed by atoms with E-state index in [-0.39, 0.29) is 11.4 Å². The van der Waals surface area contributed by atoms with Crippen molar-refractivity contribution in [2.24, 2.45) is 0 Å². The van der Waals surface area contributed by atoms with E-state index in [2.05, 4.69) is 5.32 Å². The molecule has 7 heteroatoms. The van der Waals surface area contributed by atoms with Gasteiger partial charge in [0.15, 0.2) is 6.10 Å². The molecule has 6 nitrogen and oxygen atoms in total. The molecule has 4 rings (SSSR count). The van der Waals surface area contributed by atoms with Crippen molar-refractivity contribution >= 4 is 27.3 Å². The molecule has 0 saturated carbocycles. The lowest BCUT2D eigenvalue weighted by molar-refractivity contribution is -0.122. The number of fused-ring (bicyclic) bond motifs is 1. The summed E-state index contributed by atoms with van der Waals surface area (Å²) >= 11 is 0. The molecular formula is C22H20N2O4S. The third-order valence-electron chi connectivity index (χ3n) is 4.68. The maximum absolute atomic E-state index is 13.3. The van der Waals surface area contributed by atoms with E-state index in [1.54, 1.807) is 72.8 Å². The van der Waals surface area contributed by atoms with Crippen LogP contribution in [0.4, 0.5) is 11.4 Å². The Morgan fingerprint density at radius 2 is 1.62 bits per heavy atom. The molecule has 0 fully saturated rings. The van der Waals surface area contributed by atoms with Crippen LogP contribution in [0.2, 0.25) is 0 Å². The van der Waals surface area contributed by atoms with Crippen LogP contribution in [-0.2, 0) is 14.8 Å². The lowest BCUT2D eigenvalue weighted by atomic mass is 10.2. The minimum Gasteiger partial charge on any atom is -0.476 e. The number of nitrogens with one attached hydrogen (secondary N) is 1. The molecule has 0 aromatic heterocycles. The first-order valence-electron chi connectivity index (χ1n) is 9.16. The van der Waals surface area contributed by atoms with Crippen LogP contribution < -0.4 is 14.4 Å². The standard InChI is InChI=1S/C22H20N2O4S/c1-16-11-13-18(14-12-16)29(26,27)24-15-21(28-20-10-6-5-9-19(20)24)22(25)23-17-7-3-2-4-8-17/h2-14,21H,15H2,1H3,(H,23,25). The second kappa shape index (κ2) is 7.60. The monoisotopic (exact) mass is 408 g/mol. The Morgan fingerprint density at radius 1 is 0.966 bits per heavy atom. The predicted molar refractivity (Wildman–Crippen MR) is 112 cm³/mol. The highest BCUT2D eigenvalue weighted by Gasteiger charge is 2.37. The molecule has 1 N–H and O–H groups in total. The van der Waals surface area contributed by atoms with Crippen LogP contribution in [0.15, 0.2) is 83.8 Å². The number of carbonyl (C=O) groups is 1. The van der Waals surface area contributed by atoms with Crippen molar-refractivity contribution in [2.75, 3.05) is 16.2 Å². The zero-order valence-electron chi connectivity index (χ0n) is 15.8. The van der Waals surface area contributed by atoms with Crippen molar-refractivity contribution in [3.63, 3.8) is 0 Å². The molecule has 1 heterocycles. The molecule has 29 heavy (non-hydrogen) atoms. The molecule has 1 atom stereocenters. The number of sulfonamides is 1. The quantitative estimate of drug-likeness (QED) is 0.716. The summed E-state index contributed by atoms with van der Waals surface area (Å²) in [7, 11) is -3.86. The third-order valence-corrected chi connectivity index (χ3v) is 6.47. The number of benzene rings is 3. The average molecular weight is 408 g/mol. The van der Waals surface area contributed by atoms with Gasteiger partial charge in [0.05, 0.1) is 17.1 Å². The number of aryl methyl sites for hydroxylation is 1. The van der Waals surface area contributed by atoms with Crippen LogP contribution in [0, 0.1) is 6.92 Å². The number of ether oxygens (including phenoxy) is 1. The predicted octanol–water partition coefficient (Wildman–Crippen LogP) is 3.59. The number of carbonyl (C=O) groups excluding carboxylic acids is 1. The minimum absolute atomic E-state index is 0.119. The van der Waals surface area contributed by atoms with Crippen LogP contribution in [0.3, 0.4) is 0 Å². The number of amides is 1. The van der Waals surface area contributed by atoms with E-state index >= 15 is 0 Å². The van der Waals surface area contributed by atoms with Crippen LogP contribution in [0.1, 0.15) is 5.56 Å². The minimum atomic E-state index is -3.86. The summed E-state index contributed by atoms with van der Waals surface area (Å²) < 4.78 is 33.7. The first-order valence-corrected chi connectivity index (χ1v) is 10.6. The zero-order chi connectivity index (χ0) is 20.4. The molecule has 148 valence electrons. The van der Waals surface area contributed by atoms with E-state index in [9.17, 15) is 13.2 Å². The van der Waals surface area contributed by atoms with E-state index < -0.39 is 22.0 Å². The summed E-state index contributed by atoms with van der Waals surface area (Å²) in [5, 5.41) is 2.78. The highest BCUT2D eigenvalue weighted by molar-refractivity contribution is 7.92. The topological polar surface area (TPSA) is 75.7 Å². The zero-order valence-corrected chi connectivity index (χ0v) is 16.6. The fraction of sp³-hybridized carbons (Fsp3) is 0.136. The van der Waals surface area contributed by atoms with E-state index in [0.717, 1.165) is 5.56 Å². The van der Waals surface area contributed by atoms with Gasteiger partial charge in [0.2, 0.25) is 0 Å². The number of anilines is 2. The van der Waals surface area contributed by atoms with Gasteiger partial charge in [-0.15, -0.1) is 0 Å². The van der Waals surface area contributed by atoms with Crippen molar-refractivity contribution in [3.05, 3.63) is 84.4 Å². The van der Waals surface area contributed by atoms with Gasteiger partial charge in [0, 0.05) is 5.69 Å². The van der Waals surface area contributed by atoms with E-state index in [0.29, 0.717) is 17.1 Å². The lowest BCUT2D eigenvalue weighted by Gasteiger charge is -2.34. The van der Waals surface area contributed by atoms with Crippen LogP contribution in [-0.4, -0.2) is 27.0 Å². The lowest BCUT2D eigenvalue weighted by Crippen LogP contribution is -2.48. The number of para-hydroxylation sites is 3. The van der Waals surface area contributed by atoms with Gasteiger partial charge >= 0.3 is 0 Å². The van der Waals surface area contributed by atoms with E-state index in [1.165, 1.54) is 4.31 Å². The molecule has 0 aliphatic carbocycles. The van der Waals surface area contributed by atoms with Gasteiger partial charge < -0.3 is 10.1 Å². The summed E-state index contributed by atoms with van der Waals surface area (Å²) in [5.41, 5.74) is 2.00. The fourth-order valence-corrected chi connectivity index (χ4v) is 4.62. The maximum Gasteiger partial charge on any atom is 0.267 e. The molecule has 0 spiro atoms. The van der Waals surface area contributed by atoms with Gasteiger partial charge in [0.1, 0.15) is 5.75 Å². The Bertz CT molecular complexity index is 1130. The molecule has 1 unspecified atom stereocenters. The van der Waals surface area contributed by atoms with Crippen molar-refractivity contribution in [1.82, 2.24) is 0 Å². The van der Waals surface area contributed by atoms with E-state index in [1.807, 2.05) is 13.0 Å². The van der Waals surface area contributed by atoms with Gasteiger partial charge in [-0.2, -0.15) is 0 Å². The Kier molecular flexibility index (Phi) is 4.98. The van der Waals surface area contributed by atoms with Crippen LogP contribution in [0.25, 0.3) is 0 Å². The summed E-state index contributed by atoms with van der Waals surface area (Å²) in [6.45, 7) is 1.77. The smallest absolute Gasteiger partial charge is 0.267 e. The maximum atomic E-state index is 13.3. The van der Waals surface area contributed by atoms with Gasteiger partial charge in [0.25, 0.3) is 15.9 Å². The van der Waals surface area contributed by atoms with E-state index in [4.69, 9.17) is 4.74 Å². The molecule has 0 radical (unpaired) electrons. The number of nitrogens with zero attached hydrogens (tertiary/aromatic N) is 1. The largest absolute Gasteiger partial charge is 0.476 e. The molecule has 0 bridgehead atoms. The summed E-state index contributed by atoms with van der Waals surface area (Å²) in [5.74, 6) is -0.0579. The summed E-state index contributed by atoms with van der Waals surface area (Å²) in [6, 6.07) is 22.4. The molecule has 3 aromatic rings. The Hall–Kier alpha value is -3.32. The number of hydrogen-bond acceptors (Lipinski definition) is 4. The Balaban J connectivity index is 1.68. The van der Waals surface area contributed by atoms with Gasteiger partial charge in [-0.1, -0.05) is 48.0 Å². The molecular weight excluding hydrogens is 388 g/mol. The first-order chi connectivity index (χ1) is 13.9. The molecule has 0 saturated heterocycles. The van der Waals surface area contributed by atoms with Crippen molar-refractivity contribution in [3.8, 4) is 5.75 Å². The van der Waals surface area contributed by atoms with Crippen LogP contribution in [0.5, 0.6) is 5.75 Å². The number of rotatable bonds is 4. The normalized spacial score (nSPS) is 15.9. The van der Waals surface area contributed by atoms with Crippen molar-refractivity contribution in [2.45, 2.75) is 17.9 Å². The second-order valence-corrected chi connectivity index (χ2v) is 8.64. The molecule has 1 aliphatic rings. The van der Waals surface area contributed by atoms with Crippen LogP contribution >= 0.6 is 0 Å². The molecule has 1 aliphatic heterocycles. The van der Waals surface area contributed by atoms with Gasteiger partial charge in [-0.05, 0) is 43.3 Å². The first kappa shape index (κ1) is 19.0. The highest BCUT2D eigenvalue weighted by atomic mass is 32.2. The van der Waals surface area contributed by atoms with Gasteiger partial charge in [-0.3, -0.25) is 9.10 Å². The molecule has 1 amide bonds. The van der Waals surface area contributed by atoms with Crippen molar-refractivity contribution < 1.29 is 17.9 Å². The van der Waals surface area contributed by atoms with Crippen molar-refractivity contribution in [1.29, 1.82) is 0 Å². The summed E-state index contributed by atoms with van der Waals surface area (Å²) in [4.78, 5) is 12.9. The highest BCUT2D eigenvalue weighted by Crippen LogP contribution is 2.37. The Labute approximate surface area is 169 Å². The third kappa shape index (κ3) is 3.82. The Morgan fingerprint density at radius 3 is 2.34 bits per heavy atom. The average Bonchev–Trinajstić information content (AvgIpc) is 2.74. The SMILES string of the molecule is Cc1ccc(S(=O)(=O)N2CC(C(=O)Nc3ccccc3)Oc3ccccc32)cc1. The fourth-order valence-electron chi connectivity index (χ4n) is 3.15. The molecule has 3 aromatic carbocycles. The summed E-state index contributed by atoms with van der Waals surface area (Å²) in [6.07, 6.45) is -0.981. The number of hydrogen-bond donors (Lipinski definition) is 1. The second-order valence-electron chi connectivity index (χ2n) is 6.78. The van der Waals surface area contributed by atoms with Gasteiger partial charge in [-0.25, -0.2) is 8.42 Å².